The molecule has 92 valence electrons. The zero-order valence-electron chi connectivity index (χ0n) is 10.4. The van der Waals surface area contributed by atoms with E-state index in [2.05, 4.69) is 19.2 Å². The standard InChI is InChI=1S/C13H23NO2/c1-3-6-12(2)14-8-5-9-15-11-13-7-4-10-16-13/h4,7,10,12,14H,3,5-6,8-9,11H2,1-2H3. The summed E-state index contributed by atoms with van der Waals surface area (Å²) in [5, 5.41) is 3.47. The molecule has 1 rings (SSSR count). The lowest BCUT2D eigenvalue weighted by atomic mass is 10.2. The molecule has 0 aliphatic rings. The van der Waals surface area contributed by atoms with Crippen molar-refractivity contribution >= 4 is 0 Å². The number of furan rings is 1. The molecule has 1 aromatic heterocycles. The third-order valence-electron chi connectivity index (χ3n) is 2.50. The van der Waals surface area contributed by atoms with Gasteiger partial charge in [-0.2, -0.15) is 0 Å². The molecule has 1 atom stereocenters. The van der Waals surface area contributed by atoms with Crippen molar-refractivity contribution in [3.05, 3.63) is 24.2 Å². The Balaban J connectivity index is 1.88. The number of ether oxygens (including phenoxy) is 1. The Bertz CT molecular complexity index is 246. The van der Waals surface area contributed by atoms with Gasteiger partial charge in [0.2, 0.25) is 0 Å². The first-order valence-corrected chi connectivity index (χ1v) is 6.16. The Morgan fingerprint density at radius 2 is 2.38 bits per heavy atom. The summed E-state index contributed by atoms with van der Waals surface area (Å²) in [6.07, 6.45) is 5.21. The number of rotatable bonds is 9. The van der Waals surface area contributed by atoms with Gasteiger partial charge in [-0.3, -0.25) is 0 Å². The lowest BCUT2D eigenvalue weighted by molar-refractivity contribution is 0.103. The fraction of sp³-hybridized carbons (Fsp3) is 0.692. The summed E-state index contributed by atoms with van der Waals surface area (Å²) in [5.41, 5.74) is 0. The maximum absolute atomic E-state index is 5.49. The van der Waals surface area contributed by atoms with E-state index >= 15 is 0 Å². The van der Waals surface area contributed by atoms with Crippen LogP contribution in [0.2, 0.25) is 0 Å². The minimum atomic E-state index is 0.581. The van der Waals surface area contributed by atoms with Crippen molar-refractivity contribution in [1.29, 1.82) is 0 Å². The summed E-state index contributed by atoms with van der Waals surface area (Å²) in [6.45, 7) is 6.83. The van der Waals surface area contributed by atoms with Crippen molar-refractivity contribution in [2.24, 2.45) is 0 Å². The van der Waals surface area contributed by atoms with E-state index in [1.165, 1.54) is 12.8 Å². The Hall–Kier alpha value is -0.800. The molecule has 0 bridgehead atoms. The Morgan fingerprint density at radius 1 is 1.50 bits per heavy atom. The van der Waals surface area contributed by atoms with Gasteiger partial charge in [0.1, 0.15) is 12.4 Å². The first kappa shape index (κ1) is 13.3. The van der Waals surface area contributed by atoms with Crippen LogP contribution in [-0.2, 0) is 11.3 Å². The van der Waals surface area contributed by atoms with E-state index < -0.39 is 0 Å². The van der Waals surface area contributed by atoms with Crippen molar-refractivity contribution in [1.82, 2.24) is 5.32 Å². The zero-order chi connectivity index (χ0) is 11.6. The first-order chi connectivity index (χ1) is 7.83. The third-order valence-corrected chi connectivity index (χ3v) is 2.50. The molecule has 0 radical (unpaired) electrons. The van der Waals surface area contributed by atoms with Gasteiger partial charge in [0.05, 0.1) is 6.26 Å². The Kier molecular flexibility index (Phi) is 6.93. The van der Waals surface area contributed by atoms with Gasteiger partial charge >= 0.3 is 0 Å². The van der Waals surface area contributed by atoms with Crippen LogP contribution >= 0.6 is 0 Å². The smallest absolute Gasteiger partial charge is 0.129 e. The molecular weight excluding hydrogens is 202 g/mol. The van der Waals surface area contributed by atoms with E-state index in [9.17, 15) is 0 Å². The van der Waals surface area contributed by atoms with Gasteiger partial charge in [-0.25, -0.2) is 0 Å². The topological polar surface area (TPSA) is 34.4 Å². The Labute approximate surface area is 98.2 Å². The largest absolute Gasteiger partial charge is 0.467 e. The lowest BCUT2D eigenvalue weighted by Crippen LogP contribution is -2.27. The maximum Gasteiger partial charge on any atom is 0.129 e. The predicted octanol–water partition coefficient (Wildman–Crippen LogP) is 2.96. The SMILES string of the molecule is CCCC(C)NCCCOCc1ccco1. The molecule has 0 aromatic carbocycles. The van der Waals surface area contributed by atoms with Crippen LogP contribution in [0.5, 0.6) is 0 Å². The van der Waals surface area contributed by atoms with Crippen LogP contribution in [-0.4, -0.2) is 19.2 Å². The van der Waals surface area contributed by atoms with Crippen LogP contribution in [0.15, 0.2) is 22.8 Å². The van der Waals surface area contributed by atoms with Crippen molar-refractivity contribution in [3.8, 4) is 0 Å². The first-order valence-electron chi connectivity index (χ1n) is 6.16. The molecule has 1 N–H and O–H groups in total. The molecule has 16 heavy (non-hydrogen) atoms. The van der Waals surface area contributed by atoms with Crippen molar-refractivity contribution in [3.63, 3.8) is 0 Å². The van der Waals surface area contributed by atoms with Gasteiger partial charge in [-0.15, -0.1) is 0 Å². The average Bonchev–Trinajstić information content (AvgIpc) is 2.76. The van der Waals surface area contributed by atoms with Crippen LogP contribution in [0.4, 0.5) is 0 Å². The van der Waals surface area contributed by atoms with E-state index in [-0.39, 0.29) is 0 Å². The highest BCUT2D eigenvalue weighted by Crippen LogP contribution is 2.01. The second-order valence-electron chi connectivity index (χ2n) is 4.13. The van der Waals surface area contributed by atoms with Crippen LogP contribution in [0.25, 0.3) is 0 Å². The van der Waals surface area contributed by atoms with E-state index in [0.717, 1.165) is 25.3 Å². The molecular formula is C13H23NO2. The molecule has 0 amide bonds. The van der Waals surface area contributed by atoms with Gasteiger partial charge in [0, 0.05) is 12.6 Å². The molecule has 1 unspecified atom stereocenters. The van der Waals surface area contributed by atoms with E-state index in [1.807, 2.05) is 12.1 Å². The van der Waals surface area contributed by atoms with E-state index in [1.54, 1.807) is 6.26 Å². The molecule has 3 nitrogen and oxygen atoms in total. The van der Waals surface area contributed by atoms with Crippen molar-refractivity contribution in [2.75, 3.05) is 13.2 Å². The highest BCUT2D eigenvalue weighted by atomic mass is 16.5. The summed E-state index contributed by atoms with van der Waals surface area (Å²) in [7, 11) is 0. The second-order valence-corrected chi connectivity index (χ2v) is 4.13. The van der Waals surface area contributed by atoms with Gasteiger partial charge < -0.3 is 14.5 Å². The molecule has 1 aromatic rings. The quantitative estimate of drug-likeness (QED) is 0.656. The van der Waals surface area contributed by atoms with Crippen molar-refractivity contribution < 1.29 is 9.15 Å². The summed E-state index contributed by atoms with van der Waals surface area (Å²) < 4.78 is 10.7. The van der Waals surface area contributed by atoms with Crippen molar-refractivity contribution in [2.45, 2.75) is 45.8 Å². The second kappa shape index (κ2) is 8.36. The molecule has 0 spiro atoms. The predicted molar refractivity (Wildman–Crippen MR) is 65.4 cm³/mol. The van der Waals surface area contributed by atoms with Gasteiger partial charge in [0.15, 0.2) is 0 Å². The summed E-state index contributed by atoms with van der Waals surface area (Å²) in [5.74, 6) is 0.896. The third kappa shape index (κ3) is 5.93. The van der Waals surface area contributed by atoms with Crippen LogP contribution in [0.1, 0.15) is 38.9 Å². The monoisotopic (exact) mass is 225 g/mol. The minimum absolute atomic E-state index is 0.581. The summed E-state index contributed by atoms with van der Waals surface area (Å²) in [4.78, 5) is 0. The zero-order valence-corrected chi connectivity index (χ0v) is 10.4. The number of nitrogens with one attached hydrogen (secondary N) is 1. The molecule has 0 saturated heterocycles. The number of hydrogen-bond acceptors (Lipinski definition) is 3. The fourth-order valence-electron chi connectivity index (χ4n) is 1.63. The van der Waals surface area contributed by atoms with Gasteiger partial charge in [-0.1, -0.05) is 13.3 Å². The van der Waals surface area contributed by atoms with Crippen LogP contribution in [0.3, 0.4) is 0 Å². The maximum atomic E-state index is 5.49. The molecule has 0 aliphatic heterocycles. The molecule has 1 heterocycles. The molecule has 0 fully saturated rings. The Morgan fingerprint density at radius 3 is 3.06 bits per heavy atom. The van der Waals surface area contributed by atoms with E-state index in [0.29, 0.717) is 12.6 Å². The summed E-state index contributed by atoms with van der Waals surface area (Å²) >= 11 is 0. The highest BCUT2D eigenvalue weighted by molar-refractivity contribution is 4.95. The lowest BCUT2D eigenvalue weighted by Gasteiger charge is -2.12. The molecule has 0 aliphatic carbocycles. The minimum Gasteiger partial charge on any atom is -0.467 e. The number of hydrogen-bond donors (Lipinski definition) is 1. The van der Waals surface area contributed by atoms with Gasteiger partial charge in [-0.05, 0) is 38.4 Å². The highest BCUT2D eigenvalue weighted by Gasteiger charge is 1.99. The summed E-state index contributed by atoms with van der Waals surface area (Å²) in [6, 6.07) is 4.43. The van der Waals surface area contributed by atoms with E-state index in [4.69, 9.17) is 9.15 Å². The normalized spacial score (nSPS) is 12.9. The average molecular weight is 225 g/mol. The molecule has 0 saturated carbocycles. The molecule has 3 heteroatoms. The fourth-order valence-corrected chi connectivity index (χ4v) is 1.63. The van der Waals surface area contributed by atoms with Gasteiger partial charge in [0.25, 0.3) is 0 Å². The van der Waals surface area contributed by atoms with Crippen LogP contribution in [0, 0.1) is 0 Å². The van der Waals surface area contributed by atoms with Crippen LogP contribution < -0.4 is 5.32 Å².